The summed E-state index contributed by atoms with van der Waals surface area (Å²) in [4.78, 5) is 0. The predicted molar refractivity (Wildman–Crippen MR) is 101 cm³/mol. The summed E-state index contributed by atoms with van der Waals surface area (Å²) in [5, 5.41) is 39.3. The van der Waals surface area contributed by atoms with E-state index >= 15 is 0 Å². The van der Waals surface area contributed by atoms with Crippen molar-refractivity contribution < 1.29 is 34.6 Å². The number of hydrogen-bond acceptors (Lipinski definition) is 7. The Bertz CT molecular complexity index is 729. The zero-order valence-corrected chi connectivity index (χ0v) is 15.6. The van der Waals surface area contributed by atoms with Gasteiger partial charge in [0.25, 0.3) is 0 Å². The predicted octanol–water partition coefficient (Wildman–Crippen LogP) is 0.832. The largest absolute Gasteiger partial charge is 0.497 e. The van der Waals surface area contributed by atoms with Crippen molar-refractivity contribution in [2.24, 2.45) is 0 Å². The molecule has 0 aliphatic carbocycles. The molecule has 2 aromatic rings. The Hall–Kier alpha value is -2.16. The third-order valence-corrected chi connectivity index (χ3v) is 4.92. The van der Waals surface area contributed by atoms with Crippen LogP contribution in [-0.2, 0) is 11.2 Å². The van der Waals surface area contributed by atoms with Crippen LogP contribution in [0.25, 0.3) is 0 Å². The van der Waals surface area contributed by atoms with Gasteiger partial charge in [0, 0.05) is 6.42 Å². The van der Waals surface area contributed by atoms with E-state index in [1.54, 1.807) is 31.4 Å². The van der Waals surface area contributed by atoms with Crippen LogP contribution < -0.4 is 9.47 Å². The molecule has 0 saturated carbocycles. The van der Waals surface area contributed by atoms with Crippen molar-refractivity contribution in [2.45, 2.75) is 36.9 Å². The van der Waals surface area contributed by atoms with E-state index in [2.05, 4.69) is 0 Å². The molecule has 1 saturated heterocycles. The number of aliphatic hydroxyl groups is 4. The quantitative estimate of drug-likeness (QED) is 0.555. The number of ether oxygens (including phenoxy) is 3. The highest BCUT2D eigenvalue weighted by Gasteiger charge is 2.43. The third-order valence-electron chi connectivity index (χ3n) is 4.92. The maximum atomic E-state index is 10.2. The van der Waals surface area contributed by atoms with E-state index in [-0.39, 0.29) is 0 Å². The lowest BCUT2D eigenvalue weighted by Crippen LogP contribution is -2.55. The van der Waals surface area contributed by atoms with Gasteiger partial charge >= 0.3 is 0 Å². The molecule has 152 valence electrons. The maximum Gasteiger partial charge on any atom is 0.119 e. The molecule has 7 nitrogen and oxygen atoms in total. The van der Waals surface area contributed by atoms with Crippen LogP contribution in [0.5, 0.6) is 11.5 Å². The van der Waals surface area contributed by atoms with Gasteiger partial charge in [-0.3, -0.25) is 0 Å². The van der Waals surface area contributed by atoms with Gasteiger partial charge < -0.3 is 34.6 Å². The van der Waals surface area contributed by atoms with Gasteiger partial charge in [0.05, 0.1) is 20.3 Å². The van der Waals surface area contributed by atoms with Crippen molar-refractivity contribution in [2.75, 3.05) is 20.3 Å². The summed E-state index contributed by atoms with van der Waals surface area (Å²) < 4.78 is 16.4. The first-order chi connectivity index (χ1) is 13.5. The van der Waals surface area contributed by atoms with E-state index in [9.17, 15) is 20.4 Å². The van der Waals surface area contributed by atoms with E-state index in [1.165, 1.54) is 0 Å². The van der Waals surface area contributed by atoms with Crippen LogP contribution in [0.15, 0.2) is 48.5 Å². The van der Waals surface area contributed by atoms with Crippen molar-refractivity contribution in [3.05, 3.63) is 59.7 Å². The van der Waals surface area contributed by atoms with Gasteiger partial charge in [0.15, 0.2) is 0 Å². The second kappa shape index (κ2) is 9.36. The Morgan fingerprint density at radius 3 is 2.11 bits per heavy atom. The Morgan fingerprint density at radius 1 is 0.857 bits per heavy atom. The fourth-order valence-corrected chi connectivity index (χ4v) is 3.21. The number of benzene rings is 2. The Balaban J connectivity index is 1.56. The van der Waals surface area contributed by atoms with Crippen molar-refractivity contribution in [3.8, 4) is 11.5 Å². The van der Waals surface area contributed by atoms with Crippen LogP contribution in [0.2, 0.25) is 0 Å². The Morgan fingerprint density at radius 2 is 1.50 bits per heavy atom. The minimum absolute atomic E-state index is 0.450. The van der Waals surface area contributed by atoms with E-state index in [0.717, 1.165) is 17.7 Å². The first-order valence-corrected chi connectivity index (χ1v) is 9.19. The molecule has 3 rings (SSSR count). The van der Waals surface area contributed by atoms with Crippen LogP contribution in [0.3, 0.4) is 0 Å². The molecule has 1 heterocycles. The minimum atomic E-state index is -1.39. The van der Waals surface area contributed by atoms with E-state index in [1.807, 2.05) is 24.3 Å². The summed E-state index contributed by atoms with van der Waals surface area (Å²) in [7, 11) is 1.63. The second-order valence-corrected chi connectivity index (χ2v) is 6.77. The van der Waals surface area contributed by atoms with Gasteiger partial charge in [-0.2, -0.15) is 0 Å². The number of methoxy groups -OCH3 is 1. The van der Waals surface area contributed by atoms with Crippen molar-refractivity contribution >= 4 is 0 Å². The summed E-state index contributed by atoms with van der Waals surface area (Å²) in [6.07, 6.45) is -5.07. The van der Waals surface area contributed by atoms with E-state index < -0.39 is 37.1 Å². The second-order valence-electron chi connectivity index (χ2n) is 6.77. The number of aliphatic hydroxyl groups excluding tert-OH is 4. The average Bonchev–Trinajstić information content (AvgIpc) is 2.73. The van der Waals surface area contributed by atoms with Gasteiger partial charge in [0.2, 0.25) is 0 Å². The fourth-order valence-electron chi connectivity index (χ4n) is 3.21. The van der Waals surface area contributed by atoms with Crippen LogP contribution in [0.1, 0.15) is 17.2 Å². The third kappa shape index (κ3) is 4.63. The molecule has 5 atom stereocenters. The molecular formula is C21H26O7. The lowest BCUT2D eigenvalue weighted by molar-refractivity contribution is -0.231. The average molecular weight is 390 g/mol. The van der Waals surface area contributed by atoms with Gasteiger partial charge in [0.1, 0.15) is 42.0 Å². The Kier molecular flexibility index (Phi) is 6.88. The summed E-state index contributed by atoms with van der Waals surface area (Å²) >= 11 is 0. The van der Waals surface area contributed by atoms with E-state index in [4.69, 9.17) is 14.2 Å². The molecule has 1 fully saturated rings. The summed E-state index contributed by atoms with van der Waals surface area (Å²) in [5.41, 5.74) is 1.76. The van der Waals surface area contributed by atoms with Gasteiger partial charge in [-0.25, -0.2) is 0 Å². The van der Waals surface area contributed by atoms with Crippen molar-refractivity contribution in [1.82, 2.24) is 0 Å². The van der Waals surface area contributed by atoms with Crippen LogP contribution >= 0.6 is 0 Å². The molecule has 0 amide bonds. The van der Waals surface area contributed by atoms with Crippen LogP contribution in [0.4, 0.5) is 0 Å². The molecule has 0 aromatic heterocycles. The zero-order chi connectivity index (χ0) is 20.1. The molecule has 1 aliphatic heterocycles. The van der Waals surface area contributed by atoms with Gasteiger partial charge in [-0.05, 0) is 35.4 Å². The van der Waals surface area contributed by atoms with Crippen LogP contribution in [-0.4, -0.2) is 65.2 Å². The lowest BCUT2D eigenvalue weighted by Gasteiger charge is -2.40. The first kappa shape index (κ1) is 20.6. The maximum absolute atomic E-state index is 10.2. The molecule has 2 aromatic carbocycles. The molecular weight excluding hydrogens is 364 g/mol. The number of rotatable bonds is 7. The van der Waals surface area contributed by atoms with Gasteiger partial charge in [-0.15, -0.1) is 0 Å². The monoisotopic (exact) mass is 390 g/mol. The highest BCUT2D eigenvalue weighted by atomic mass is 16.5. The zero-order valence-electron chi connectivity index (χ0n) is 15.6. The SMILES string of the molecule is COc1ccc(CCOc2ccc(C3O[C@H](CO)[C@@H](O)[C@H](O)[C@@H]3O)cc2)cc1. The first-order valence-electron chi connectivity index (χ1n) is 9.19. The normalized spacial score (nSPS) is 27.4. The smallest absolute Gasteiger partial charge is 0.119 e. The highest BCUT2D eigenvalue weighted by molar-refractivity contribution is 5.30. The lowest BCUT2D eigenvalue weighted by atomic mass is 9.91. The minimum Gasteiger partial charge on any atom is -0.497 e. The topological polar surface area (TPSA) is 109 Å². The molecule has 4 N–H and O–H groups in total. The molecule has 0 spiro atoms. The molecule has 0 bridgehead atoms. The molecule has 1 aliphatic rings. The number of hydrogen-bond donors (Lipinski definition) is 4. The summed E-state index contributed by atoms with van der Waals surface area (Å²) in [5.74, 6) is 1.48. The molecule has 1 unspecified atom stereocenters. The summed E-state index contributed by atoms with van der Waals surface area (Å²) in [6, 6.07) is 14.8. The Labute approximate surface area is 163 Å². The molecule has 28 heavy (non-hydrogen) atoms. The van der Waals surface area contributed by atoms with Crippen molar-refractivity contribution in [3.63, 3.8) is 0 Å². The van der Waals surface area contributed by atoms with Gasteiger partial charge in [-0.1, -0.05) is 24.3 Å². The molecule has 0 radical (unpaired) electrons. The molecule has 7 heteroatoms. The van der Waals surface area contributed by atoms with Crippen LogP contribution in [0, 0.1) is 0 Å². The van der Waals surface area contributed by atoms with E-state index in [0.29, 0.717) is 17.9 Å². The standard InChI is InChI=1S/C21H26O7/c1-26-15-6-2-13(3-7-15)10-11-27-16-8-4-14(5-9-16)21-20(25)19(24)18(23)17(12-22)28-21/h2-9,17-25H,10-12H2,1H3/t17-,18-,19+,20+,21?/m1/s1. The highest BCUT2D eigenvalue weighted by Crippen LogP contribution is 2.33. The van der Waals surface area contributed by atoms with Crippen molar-refractivity contribution in [1.29, 1.82) is 0 Å². The summed E-state index contributed by atoms with van der Waals surface area (Å²) in [6.45, 7) is 0.0553. The fraction of sp³-hybridized carbons (Fsp3) is 0.429.